The van der Waals surface area contributed by atoms with Gasteiger partial charge >= 0.3 is 0 Å². The van der Waals surface area contributed by atoms with E-state index in [1.165, 1.54) is 12.5 Å². The Morgan fingerprint density at radius 1 is 0.964 bits per heavy atom. The number of fused-ring (bicyclic) bond motifs is 1. The van der Waals surface area contributed by atoms with Gasteiger partial charge in [-0.3, -0.25) is 4.79 Å². The van der Waals surface area contributed by atoms with Crippen molar-refractivity contribution in [1.82, 2.24) is 14.8 Å². The zero-order valence-electron chi connectivity index (χ0n) is 14.9. The molecule has 1 aliphatic rings. The maximum atomic E-state index is 12.6. The Morgan fingerprint density at radius 2 is 1.79 bits per heavy atom. The van der Waals surface area contributed by atoms with Crippen molar-refractivity contribution in [2.24, 2.45) is 0 Å². The molecule has 3 aromatic rings. The fourth-order valence-electron chi connectivity index (χ4n) is 3.33. The van der Waals surface area contributed by atoms with Crippen LogP contribution in [0.15, 0.2) is 36.4 Å². The lowest BCUT2D eigenvalue weighted by atomic mass is 10.1. The first-order chi connectivity index (χ1) is 13.5. The van der Waals surface area contributed by atoms with Gasteiger partial charge in [0.15, 0.2) is 5.82 Å². The Bertz CT molecular complexity index is 1050. The molecule has 0 radical (unpaired) electrons. The topological polar surface area (TPSA) is 59.8 Å². The highest BCUT2D eigenvalue weighted by molar-refractivity contribution is 6.36. The molecule has 0 bridgehead atoms. The number of nitrogens with one attached hydrogen (secondary N) is 1. The van der Waals surface area contributed by atoms with E-state index in [1.54, 1.807) is 30.3 Å². The molecule has 2 heterocycles. The third kappa shape index (κ3) is 3.88. The summed E-state index contributed by atoms with van der Waals surface area (Å²) in [7, 11) is 0. The van der Waals surface area contributed by atoms with Gasteiger partial charge in [0.05, 0.1) is 15.6 Å². The normalized spacial score (nSPS) is 13.7. The van der Waals surface area contributed by atoms with Crippen LogP contribution in [-0.4, -0.2) is 20.7 Å². The molecule has 1 N–H and O–H groups in total. The Balaban J connectivity index is 1.66. The Morgan fingerprint density at radius 3 is 2.64 bits per heavy atom. The van der Waals surface area contributed by atoms with Gasteiger partial charge in [-0.05, 0) is 49.2 Å². The number of hydrogen-bond donors (Lipinski definition) is 1. The van der Waals surface area contributed by atoms with Gasteiger partial charge in [0, 0.05) is 29.2 Å². The van der Waals surface area contributed by atoms with Crippen LogP contribution in [0.3, 0.4) is 0 Å². The molecule has 0 atom stereocenters. The highest BCUT2D eigenvalue weighted by atomic mass is 35.5. The van der Waals surface area contributed by atoms with Gasteiger partial charge in [-0.1, -0.05) is 41.2 Å². The van der Waals surface area contributed by atoms with E-state index in [0.717, 1.165) is 43.0 Å². The fourth-order valence-corrected chi connectivity index (χ4v) is 3.91. The second-order valence-corrected chi connectivity index (χ2v) is 7.93. The van der Waals surface area contributed by atoms with Crippen molar-refractivity contribution in [2.45, 2.75) is 32.2 Å². The molecule has 0 saturated heterocycles. The molecule has 1 amide bonds. The number of aromatic nitrogens is 3. The van der Waals surface area contributed by atoms with Crippen LogP contribution in [0.4, 0.5) is 5.69 Å². The fraction of sp³-hybridized carbons (Fsp3) is 0.250. The summed E-state index contributed by atoms with van der Waals surface area (Å²) in [4.78, 5) is 12.6. The summed E-state index contributed by atoms with van der Waals surface area (Å²) in [5.74, 6) is 1.35. The molecule has 144 valence electrons. The molecule has 0 saturated carbocycles. The number of rotatable bonds is 3. The van der Waals surface area contributed by atoms with E-state index < -0.39 is 0 Å². The average molecular weight is 436 g/mol. The first kappa shape index (κ1) is 19.2. The Labute approximate surface area is 177 Å². The minimum atomic E-state index is -0.346. The lowest BCUT2D eigenvalue weighted by molar-refractivity contribution is 0.102. The second kappa shape index (κ2) is 8.11. The van der Waals surface area contributed by atoms with E-state index in [9.17, 15) is 4.79 Å². The molecule has 0 aliphatic carbocycles. The van der Waals surface area contributed by atoms with Crippen molar-refractivity contribution in [3.63, 3.8) is 0 Å². The molecule has 0 fully saturated rings. The van der Waals surface area contributed by atoms with Gasteiger partial charge in [0.2, 0.25) is 0 Å². The van der Waals surface area contributed by atoms with Crippen molar-refractivity contribution in [3.05, 3.63) is 62.9 Å². The molecule has 1 aromatic heterocycles. The van der Waals surface area contributed by atoms with E-state index in [0.29, 0.717) is 26.3 Å². The first-order valence-electron chi connectivity index (χ1n) is 9.01. The summed E-state index contributed by atoms with van der Waals surface area (Å²) in [6.45, 7) is 0.864. The van der Waals surface area contributed by atoms with Crippen LogP contribution in [0.2, 0.25) is 15.1 Å². The van der Waals surface area contributed by atoms with E-state index >= 15 is 0 Å². The van der Waals surface area contributed by atoms with Crippen LogP contribution in [0.5, 0.6) is 0 Å². The number of carbonyl (C=O) groups is 1. The largest absolute Gasteiger partial charge is 0.322 e. The number of nitrogens with zero attached hydrogens (tertiary/aromatic N) is 3. The predicted octanol–water partition coefficient (Wildman–Crippen LogP) is 5.88. The SMILES string of the molecule is O=C(Nc1ccc(Cl)c(-c2nnc3n2CCCCC3)c1)c1cc(Cl)ccc1Cl. The van der Waals surface area contributed by atoms with Gasteiger partial charge < -0.3 is 9.88 Å². The van der Waals surface area contributed by atoms with Gasteiger partial charge in [-0.15, -0.1) is 10.2 Å². The van der Waals surface area contributed by atoms with Crippen molar-refractivity contribution in [1.29, 1.82) is 0 Å². The summed E-state index contributed by atoms with van der Waals surface area (Å²) >= 11 is 18.5. The lowest BCUT2D eigenvalue weighted by Gasteiger charge is -2.12. The van der Waals surface area contributed by atoms with Crippen molar-refractivity contribution in [2.75, 3.05) is 5.32 Å². The number of anilines is 1. The smallest absolute Gasteiger partial charge is 0.257 e. The standard InChI is InChI=1S/C20H17Cl3N4O/c21-12-5-7-17(23)15(10-12)20(28)24-13-6-8-16(22)14(11-13)19-26-25-18-4-2-1-3-9-27(18)19/h5-8,10-11H,1-4,9H2,(H,24,28). The van der Waals surface area contributed by atoms with Crippen molar-refractivity contribution < 1.29 is 4.79 Å². The lowest BCUT2D eigenvalue weighted by Crippen LogP contribution is -2.12. The van der Waals surface area contributed by atoms with E-state index in [2.05, 4.69) is 20.1 Å². The monoisotopic (exact) mass is 434 g/mol. The number of hydrogen-bond acceptors (Lipinski definition) is 3. The highest BCUT2D eigenvalue weighted by Gasteiger charge is 2.19. The summed E-state index contributed by atoms with van der Waals surface area (Å²) < 4.78 is 2.12. The molecular formula is C20H17Cl3N4O. The summed E-state index contributed by atoms with van der Waals surface area (Å²) in [6.07, 6.45) is 4.28. The minimum Gasteiger partial charge on any atom is -0.322 e. The zero-order chi connectivity index (χ0) is 19.7. The van der Waals surface area contributed by atoms with Crippen LogP contribution >= 0.6 is 34.8 Å². The van der Waals surface area contributed by atoms with Crippen LogP contribution < -0.4 is 5.32 Å². The minimum absolute atomic E-state index is 0.307. The maximum Gasteiger partial charge on any atom is 0.257 e. The summed E-state index contributed by atoms with van der Waals surface area (Å²) in [5.41, 5.74) is 1.63. The maximum absolute atomic E-state index is 12.6. The summed E-state index contributed by atoms with van der Waals surface area (Å²) in [5, 5.41) is 12.9. The van der Waals surface area contributed by atoms with Crippen LogP contribution in [0, 0.1) is 0 Å². The molecule has 28 heavy (non-hydrogen) atoms. The Hall–Kier alpha value is -2.08. The number of halogens is 3. The van der Waals surface area contributed by atoms with Gasteiger partial charge in [-0.2, -0.15) is 0 Å². The molecule has 0 spiro atoms. The zero-order valence-corrected chi connectivity index (χ0v) is 17.2. The van der Waals surface area contributed by atoms with Crippen LogP contribution in [-0.2, 0) is 13.0 Å². The van der Waals surface area contributed by atoms with E-state index in [4.69, 9.17) is 34.8 Å². The number of aryl methyl sites for hydroxylation is 1. The van der Waals surface area contributed by atoms with Gasteiger partial charge in [-0.25, -0.2) is 0 Å². The van der Waals surface area contributed by atoms with Crippen LogP contribution in [0.1, 0.15) is 35.4 Å². The van der Waals surface area contributed by atoms with Gasteiger partial charge in [0.25, 0.3) is 5.91 Å². The molecule has 8 heteroatoms. The first-order valence-corrected chi connectivity index (χ1v) is 10.1. The van der Waals surface area contributed by atoms with Crippen molar-refractivity contribution >= 4 is 46.4 Å². The highest BCUT2D eigenvalue weighted by Crippen LogP contribution is 2.32. The third-order valence-corrected chi connectivity index (χ3v) is 5.64. The average Bonchev–Trinajstić information content (AvgIpc) is 2.93. The molecule has 2 aromatic carbocycles. The number of carbonyl (C=O) groups excluding carboxylic acids is 1. The predicted molar refractivity (Wildman–Crippen MR) is 112 cm³/mol. The molecule has 4 rings (SSSR count). The quantitative estimate of drug-likeness (QED) is 0.558. The van der Waals surface area contributed by atoms with E-state index in [-0.39, 0.29) is 5.91 Å². The number of benzene rings is 2. The van der Waals surface area contributed by atoms with E-state index in [1.807, 2.05) is 0 Å². The molecule has 5 nitrogen and oxygen atoms in total. The van der Waals surface area contributed by atoms with Crippen LogP contribution in [0.25, 0.3) is 11.4 Å². The Kier molecular flexibility index (Phi) is 5.58. The number of amides is 1. The second-order valence-electron chi connectivity index (χ2n) is 6.68. The molecule has 0 unspecified atom stereocenters. The molecular weight excluding hydrogens is 419 g/mol. The van der Waals surface area contributed by atoms with Gasteiger partial charge in [0.1, 0.15) is 5.82 Å². The molecule has 1 aliphatic heterocycles. The summed E-state index contributed by atoms with van der Waals surface area (Å²) in [6, 6.07) is 10.1. The van der Waals surface area contributed by atoms with Crippen molar-refractivity contribution in [3.8, 4) is 11.4 Å². The third-order valence-electron chi connectivity index (χ3n) is 4.75.